The van der Waals surface area contributed by atoms with Crippen molar-refractivity contribution < 1.29 is 28.6 Å². The summed E-state index contributed by atoms with van der Waals surface area (Å²) in [7, 11) is -4.08. The van der Waals surface area contributed by atoms with Gasteiger partial charge in [-0.1, -0.05) is 6.42 Å². The Hall–Kier alpha value is -1.59. The number of amides is 1. The number of carboxylic acid groups (broad SMARTS) is 1. The number of carbonyl (C=O) groups is 2. The van der Waals surface area contributed by atoms with Crippen LogP contribution in [-0.2, 0) is 20.6 Å². The number of carbonyl (C=O) groups excluding carboxylic acids is 1. The zero-order valence-electron chi connectivity index (χ0n) is 12.2. The maximum absolute atomic E-state index is 12.5. The van der Waals surface area contributed by atoms with Crippen LogP contribution in [0.4, 0.5) is 0 Å². The van der Waals surface area contributed by atoms with E-state index in [0.29, 0.717) is 18.7 Å². The van der Waals surface area contributed by atoms with E-state index < -0.39 is 25.3 Å². The number of nitrogens with zero attached hydrogens (tertiary/aromatic N) is 1. The third-order valence-electron chi connectivity index (χ3n) is 3.79. The van der Waals surface area contributed by atoms with Crippen LogP contribution in [0, 0.1) is 0 Å². The Kier molecular flexibility index (Phi) is 5.42. The largest absolute Gasteiger partial charge is 0.481 e. The minimum Gasteiger partial charge on any atom is -0.481 e. The zero-order chi connectivity index (χ0) is 16.2. The lowest BCUT2D eigenvalue weighted by Gasteiger charge is -2.26. The van der Waals surface area contributed by atoms with Crippen molar-refractivity contribution in [1.82, 2.24) is 4.90 Å². The van der Waals surface area contributed by atoms with E-state index in [1.54, 1.807) is 12.1 Å². The van der Waals surface area contributed by atoms with Gasteiger partial charge in [-0.2, -0.15) is 0 Å². The lowest BCUT2D eigenvalue weighted by atomic mass is 10.2. The van der Waals surface area contributed by atoms with Gasteiger partial charge in [-0.05, 0) is 25.0 Å². The number of furan rings is 1. The summed E-state index contributed by atoms with van der Waals surface area (Å²) in [4.78, 5) is 34.9. The van der Waals surface area contributed by atoms with Crippen LogP contribution < -0.4 is 0 Å². The van der Waals surface area contributed by atoms with Crippen LogP contribution in [-0.4, -0.2) is 45.3 Å². The average molecular weight is 329 g/mol. The molecule has 1 aliphatic heterocycles. The predicted molar refractivity (Wildman–Crippen MR) is 78.7 cm³/mol. The van der Waals surface area contributed by atoms with E-state index in [4.69, 9.17) is 4.42 Å². The van der Waals surface area contributed by atoms with Crippen LogP contribution in [0.25, 0.3) is 0 Å². The van der Waals surface area contributed by atoms with Gasteiger partial charge in [0.15, 0.2) is 0 Å². The molecule has 0 aliphatic carbocycles. The standard InChI is InChI=1S/C14H20NO6P/c16-13-6-2-1-3-7-15(13)10-22(19,20)12(14(17)18)9-11-5-4-8-21-11/h4-5,8,12H,1-3,6-7,9-10H2,(H,17,18)(H,19,20)/t12-/m0/s1. The molecule has 1 aromatic rings. The number of carboxylic acids is 1. The molecule has 7 nitrogen and oxygen atoms in total. The van der Waals surface area contributed by atoms with E-state index in [-0.39, 0.29) is 12.3 Å². The maximum Gasteiger partial charge on any atom is 0.316 e. The molecular weight excluding hydrogens is 309 g/mol. The van der Waals surface area contributed by atoms with E-state index in [1.165, 1.54) is 11.2 Å². The van der Waals surface area contributed by atoms with Gasteiger partial charge >= 0.3 is 5.97 Å². The maximum atomic E-state index is 12.5. The summed E-state index contributed by atoms with van der Waals surface area (Å²) in [6.45, 7) is 0.399. The highest BCUT2D eigenvalue weighted by molar-refractivity contribution is 7.59. The Morgan fingerprint density at radius 3 is 2.82 bits per heavy atom. The number of aliphatic carboxylic acids is 1. The number of hydrogen-bond donors (Lipinski definition) is 2. The molecule has 0 radical (unpaired) electrons. The fourth-order valence-electron chi connectivity index (χ4n) is 2.55. The molecular formula is C14H20NO6P. The molecule has 1 amide bonds. The molecule has 1 aromatic heterocycles. The van der Waals surface area contributed by atoms with E-state index in [9.17, 15) is 24.2 Å². The smallest absolute Gasteiger partial charge is 0.316 e. The van der Waals surface area contributed by atoms with Crippen molar-refractivity contribution in [2.45, 2.75) is 37.8 Å². The highest BCUT2D eigenvalue weighted by atomic mass is 31.2. The topological polar surface area (TPSA) is 108 Å². The van der Waals surface area contributed by atoms with Gasteiger partial charge in [0.2, 0.25) is 13.3 Å². The molecule has 2 heterocycles. The minimum atomic E-state index is -4.08. The molecule has 1 unspecified atom stereocenters. The van der Waals surface area contributed by atoms with Gasteiger partial charge < -0.3 is 19.3 Å². The molecule has 8 heteroatoms. The summed E-state index contributed by atoms with van der Waals surface area (Å²) in [5.41, 5.74) is -1.48. The van der Waals surface area contributed by atoms with Gasteiger partial charge in [-0.25, -0.2) is 0 Å². The van der Waals surface area contributed by atoms with Gasteiger partial charge in [0.1, 0.15) is 11.4 Å². The molecule has 0 aromatic carbocycles. The fourth-order valence-corrected chi connectivity index (χ4v) is 4.35. The molecule has 2 rings (SSSR count). The van der Waals surface area contributed by atoms with Crippen LogP contribution >= 0.6 is 7.37 Å². The molecule has 1 aliphatic rings. The second-order valence-electron chi connectivity index (χ2n) is 5.50. The molecule has 1 saturated heterocycles. The van der Waals surface area contributed by atoms with Gasteiger partial charge in [0.25, 0.3) is 0 Å². The Morgan fingerprint density at radius 2 is 2.18 bits per heavy atom. The van der Waals surface area contributed by atoms with Crippen LogP contribution in [0.2, 0.25) is 0 Å². The van der Waals surface area contributed by atoms with Crippen LogP contribution in [0.5, 0.6) is 0 Å². The summed E-state index contributed by atoms with van der Waals surface area (Å²) >= 11 is 0. The fraction of sp³-hybridized carbons (Fsp3) is 0.571. The van der Waals surface area contributed by atoms with Gasteiger partial charge in [0.05, 0.1) is 12.5 Å². The second kappa shape index (κ2) is 7.11. The monoisotopic (exact) mass is 329 g/mol. The van der Waals surface area contributed by atoms with E-state index in [2.05, 4.69) is 0 Å². The van der Waals surface area contributed by atoms with Crippen molar-refractivity contribution in [2.75, 3.05) is 12.8 Å². The van der Waals surface area contributed by atoms with Gasteiger partial charge in [0, 0.05) is 19.4 Å². The van der Waals surface area contributed by atoms with Gasteiger partial charge in [-0.3, -0.25) is 14.2 Å². The molecule has 2 atom stereocenters. The van der Waals surface area contributed by atoms with Crippen molar-refractivity contribution in [1.29, 1.82) is 0 Å². The van der Waals surface area contributed by atoms with Gasteiger partial charge in [-0.15, -0.1) is 0 Å². The Balaban J connectivity index is 2.12. The lowest BCUT2D eigenvalue weighted by Crippen LogP contribution is -2.35. The minimum absolute atomic E-state index is 0.169. The third kappa shape index (κ3) is 4.21. The first kappa shape index (κ1) is 16.8. The van der Waals surface area contributed by atoms with Crippen molar-refractivity contribution in [3.8, 4) is 0 Å². The number of likely N-dealkylation sites (tertiary alicyclic amines) is 1. The summed E-state index contributed by atoms with van der Waals surface area (Å²) in [5, 5.41) is 9.28. The predicted octanol–water partition coefficient (Wildman–Crippen LogP) is 1.91. The Labute approximate surface area is 128 Å². The van der Waals surface area contributed by atoms with Crippen molar-refractivity contribution in [3.05, 3.63) is 24.2 Å². The molecule has 1 fully saturated rings. The Bertz CT molecular complexity index is 570. The highest BCUT2D eigenvalue weighted by Gasteiger charge is 2.40. The second-order valence-corrected chi connectivity index (χ2v) is 7.92. The van der Waals surface area contributed by atoms with E-state index in [1.807, 2.05) is 0 Å². The summed E-state index contributed by atoms with van der Waals surface area (Å²) < 4.78 is 17.6. The first-order valence-corrected chi connectivity index (χ1v) is 9.16. The molecule has 0 spiro atoms. The Morgan fingerprint density at radius 1 is 1.41 bits per heavy atom. The SMILES string of the molecule is O=C(O)[C@H](Cc1ccco1)P(=O)(O)CN1CCCCCC1=O. The average Bonchev–Trinajstić information content (AvgIpc) is 2.88. The highest BCUT2D eigenvalue weighted by Crippen LogP contribution is 2.48. The normalized spacial score (nSPS) is 20.2. The molecule has 0 bridgehead atoms. The molecule has 122 valence electrons. The molecule has 2 N–H and O–H groups in total. The van der Waals surface area contributed by atoms with Crippen LogP contribution in [0.3, 0.4) is 0 Å². The van der Waals surface area contributed by atoms with Crippen LogP contribution in [0.15, 0.2) is 22.8 Å². The summed E-state index contributed by atoms with van der Waals surface area (Å²) in [6.07, 6.45) is 3.57. The van der Waals surface area contributed by atoms with E-state index in [0.717, 1.165) is 19.3 Å². The quantitative estimate of drug-likeness (QED) is 0.772. The summed E-state index contributed by atoms with van der Waals surface area (Å²) in [6, 6.07) is 3.15. The lowest BCUT2D eigenvalue weighted by molar-refractivity contribution is -0.137. The molecule has 22 heavy (non-hydrogen) atoms. The van der Waals surface area contributed by atoms with Crippen molar-refractivity contribution in [3.63, 3.8) is 0 Å². The van der Waals surface area contributed by atoms with Crippen molar-refractivity contribution in [2.24, 2.45) is 0 Å². The molecule has 0 saturated carbocycles. The summed E-state index contributed by atoms with van der Waals surface area (Å²) in [5.74, 6) is -1.21. The number of hydrogen-bond acceptors (Lipinski definition) is 4. The third-order valence-corrected chi connectivity index (χ3v) is 5.92. The van der Waals surface area contributed by atoms with Crippen LogP contribution in [0.1, 0.15) is 31.4 Å². The number of rotatable bonds is 6. The first-order chi connectivity index (χ1) is 10.4. The van der Waals surface area contributed by atoms with Crippen molar-refractivity contribution >= 4 is 19.2 Å². The zero-order valence-corrected chi connectivity index (χ0v) is 13.1. The first-order valence-electron chi connectivity index (χ1n) is 7.24. The van der Waals surface area contributed by atoms with E-state index >= 15 is 0 Å².